The second-order valence-corrected chi connectivity index (χ2v) is 4.82. The Morgan fingerprint density at radius 3 is 2.40 bits per heavy atom. The summed E-state index contributed by atoms with van der Waals surface area (Å²) in [5.74, 6) is 0.930. The van der Waals surface area contributed by atoms with E-state index in [9.17, 15) is 0 Å². The molecule has 20 heavy (non-hydrogen) atoms. The van der Waals surface area contributed by atoms with Crippen molar-refractivity contribution in [2.75, 3.05) is 6.61 Å². The molecule has 2 heteroatoms. The highest BCUT2D eigenvalue weighted by molar-refractivity contribution is 5.80. The molecule has 0 saturated carbocycles. The van der Waals surface area contributed by atoms with Crippen LogP contribution in [0.3, 0.4) is 0 Å². The summed E-state index contributed by atoms with van der Waals surface area (Å²) < 4.78 is 7.67. The largest absolute Gasteiger partial charge is 0.494 e. The number of benzene rings is 2. The van der Waals surface area contributed by atoms with Crippen molar-refractivity contribution in [1.29, 1.82) is 0 Å². The molecule has 0 spiro atoms. The number of hydrogen-bond acceptors (Lipinski definition) is 1. The van der Waals surface area contributed by atoms with Crippen LogP contribution in [-0.2, 0) is 6.54 Å². The molecule has 0 aliphatic heterocycles. The first-order valence-electron chi connectivity index (χ1n) is 6.95. The van der Waals surface area contributed by atoms with Gasteiger partial charge in [0.15, 0.2) is 18.9 Å². The Kier molecular flexibility index (Phi) is 3.64. The lowest BCUT2D eigenvalue weighted by molar-refractivity contribution is -0.687. The van der Waals surface area contributed by atoms with Crippen molar-refractivity contribution in [3.8, 4) is 5.75 Å². The van der Waals surface area contributed by atoms with Crippen LogP contribution < -0.4 is 9.30 Å². The van der Waals surface area contributed by atoms with Crippen LogP contribution in [0.4, 0.5) is 0 Å². The number of fused-ring (bicyclic) bond motifs is 1. The zero-order valence-electron chi connectivity index (χ0n) is 11.6. The van der Waals surface area contributed by atoms with Gasteiger partial charge in [0, 0.05) is 17.0 Å². The van der Waals surface area contributed by atoms with Crippen molar-refractivity contribution in [3.05, 3.63) is 72.6 Å². The molecule has 0 aliphatic rings. The van der Waals surface area contributed by atoms with E-state index in [1.807, 2.05) is 19.1 Å². The van der Waals surface area contributed by atoms with Gasteiger partial charge in [-0.3, -0.25) is 0 Å². The van der Waals surface area contributed by atoms with Crippen molar-refractivity contribution < 1.29 is 9.30 Å². The number of nitrogens with zero attached hydrogens (tertiary/aromatic N) is 1. The minimum atomic E-state index is 0.707. The Hall–Kier alpha value is -2.35. The van der Waals surface area contributed by atoms with Gasteiger partial charge >= 0.3 is 0 Å². The van der Waals surface area contributed by atoms with Crippen molar-refractivity contribution in [1.82, 2.24) is 0 Å². The van der Waals surface area contributed by atoms with E-state index in [4.69, 9.17) is 4.74 Å². The molecule has 0 unspecified atom stereocenters. The van der Waals surface area contributed by atoms with Crippen LogP contribution in [-0.4, -0.2) is 6.61 Å². The van der Waals surface area contributed by atoms with Gasteiger partial charge in [0.05, 0.1) is 6.61 Å². The zero-order chi connectivity index (χ0) is 13.8. The highest BCUT2D eigenvalue weighted by Gasteiger charge is 2.04. The van der Waals surface area contributed by atoms with E-state index in [2.05, 4.69) is 59.4 Å². The third-order valence-electron chi connectivity index (χ3n) is 3.35. The topological polar surface area (TPSA) is 13.1 Å². The highest BCUT2D eigenvalue weighted by Crippen LogP contribution is 2.13. The van der Waals surface area contributed by atoms with Gasteiger partial charge < -0.3 is 4.74 Å². The average molecular weight is 264 g/mol. The summed E-state index contributed by atoms with van der Waals surface area (Å²) in [5, 5.41) is 2.54. The fraction of sp³-hybridized carbons (Fsp3) is 0.167. The summed E-state index contributed by atoms with van der Waals surface area (Å²) in [4.78, 5) is 0. The summed E-state index contributed by atoms with van der Waals surface area (Å²) in [7, 11) is 0. The summed E-state index contributed by atoms with van der Waals surface area (Å²) in [6.07, 6.45) is 4.31. The lowest BCUT2D eigenvalue weighted by Crippen LogP contribution is -2.33. The highest BCUT2D eigenvalue weighted by atomic mass is 16.5. The molecule has 2 aromatic carbocycles. The SMILES string of the molecule is CCOc1ccc(C[n+]2ccc3ccccc3c2)cc1. The lowest BCUT2D eigenvalue weighted by Gasteiger charge is -2.03. The molecule has 0 fully saturated rings. The smallest absolute Gasteiger partial charge is 0.176 e. The first kappa shape index (κ1) is 12.7. The average Bonchev–Trinajstić information content (AvgIpc) is 2.49. The van der Waals surface area contributed by atoms with Gasteiger partial charge in [0.1, 0.15) is 5.75 Å². The summed E-state index contributed by atoms with van der Waals surface area (Å²) >= 11 is 0. The van der Waals surface area contributed by atoms with Crippen LogP contribution in [0.2, 0.25) is 0 Å². The standard InChI is InChI=1S/C18H18NO/c1-2-20-18-9-7-15(8-10-18)13-19-12-11-16-5-3-4-6-17(16)14-19/h3-12,14H,2,13H2,1H3/q+1. The summed E-state index contributed by atoms with van der Waals surface area (Å²) in [5.41, 5.74) is 1.27. The maximum atomic E-state index is 5.46. The van der Waals surface area contributed by atoms with Crippen LogP contribution in [0.15, 0.2) is 67.0 Å². The Balaban J connectivity index is 1.81. The van der Waals surface area contributed by atoms with E-state index in [-0.39, 0.29) is 0 Å². The number of rotatable bonds is 4. The molecule has 3 rings (SSSR count). The van der Waals surface area contributed by atoms with Gasteiger partial charge in [-0.25, -0.2) is 4.57 Å². The van der Waals surface area contributed by atoms with E-state index >= 15 is 0 Å². The Labute approximate surface area is 119 Å². The molecule has 3 aromatic rings. The van der Waals surface area contributed by atoms with Gasteiger partial charge in [-0.2, -0.15) is 0 Å². The molecule has 0 saturated heterocycles. The molecular weight excluding hydrogens is 246 g/mol. The quantitative estimate of drug-likeness (QED) is 0.657. The maximum absolute atomic E-state index is 5.46. The van der Waals surface area contributed by atoms with Crippen LogP contribution in [0, 0.1) is 0 Å². The molecule has 1 aromatic heterocycles. The third-order valence-corrected chi connectivity index (χ3v) is 3.35. The molecule has 0 radical (unpaired) electrons. The van der Waals surface area contributed by atoms with Gasteiger partial charge in [-0.05, 0) is 42.6 Å². The van der Waals surface area contributed by atoms with Gasteiger partial charge in [0.2, 0.25) is 0 Å². The number of pyridine rings is 1. The normalized spacial score (nSPS) is 10.7. The van der Waals surface area contributed by atoms with E-state index < -0.39 is 0 Å². The Morgan fingerprint density at radius 1 is 0.900 bits per heavy atom. The minimum Gasteiger partial charge on any atom is -0.494 e. The molecule has 100 valence electrons. The monoisotopic (exact) mass is 264 g/mol. The molecular formula is C18H18NO+. The van der Waals surface area contributed by atoms with E-state index in [1.54, 1.807) is 0 Å². The van der Waals surface area contributed by atoms with Gasteiger partial charge in [-0.15, -0.1) is 0 Å². The van der Waals surface area contributed by atoms with Crippen LogP contribution in [0.1, 0.15) is 12.5 Å². The van der Waals surface area contributed by atoms with E-state index in [1.165, 1.54) is 16.3 Å². The zero-order valence-corrected chi connectivity index (χ0v) is 11.6. The van der Waals surface area contributed by atoms with Crippen molar-refractivity contribution in [2.45, 2.75) is 13.5 Å². The first-order chi connectivity index (χ1) is 9.85. The molecule has 2 nitrogen and oxygen atoms in total. The fourth-order valence-electron chi connectivity index (χ4n) is 2.34. The van der Waals surface area contributed by atoms with E-state index in [0.717, 1.165) is 12.3 Å². The summed E-state index contributed by atoms with van der Waals surface area (Å²) in [6.45, 7) is 3.58. The van der Waals surface area contributed by atoms with Gasteiger partial charge in [0.25, 0.3) is 0 Å². The van der Waals surface area contributed by atoms with Crippen molar-refractivity contribution in [3.63, 3.8) is 0 Å². The van der Waals surface area contributed by atoms with Crippen LogP contribution >= 0.6 is 0 Å². The van der Waals surface area contributed by atoms with Crippen LogP contribution in [0.25, 0.3) is 10.8 Å². The van der Waals surface area contributed by atoms with Gasteiger partial charge in [-0.1, -0.05) is 18.2 Å². The predicted molar refractivity (Wildman–Crippen MR) is 80.9 cm³/mol. The molecule has 0 N–H and O–H groups in total. The Bertz CT molecular complexity index is 704. The number of ether oxygens (including phenoxy) is 1. The number of hydrogen-bond donors (Lipinski definition) is 0. The second-order valence-electron chi connectivity index (χ2n) is 4.82. The summed E-state index contributed by atoms with van der Waals surface area (Å²) in [6, 6.07) is 18.9. The predicted octanol–water partition coefficient (Wildman–Crippen LogP) is 3.57. The fourth-order valence-corrected chi connectivity index (χ4v) is 2.34. The Morgan fingerprint density at radius 2 is 1.65 bits per heavy atom. The molecule has 0 atom stereocenters. The van der Waals surface area contributed by atoms with E-state index in [0.29, 0.717) is 6.61 Å². The molecule has 0 aliphatic carbocycles. The lowest BCUT2D eigenvalue weighted by atomic mass is 10.1. The number of aromatic nitrogens is 1. The molecule has 1 heterocycles. The van der Waals surface area contributed by atoms with Crippen LogP contribution in [0.5, 0.6) is 5.75 Å². The third kappa shape index (κ3) is 2.80. The second kappa shape index (κ2) is 5.74. The van der Waals surface area contributed by atoms with Crippen molar-refractivity contribution >= 4 is 10.8 Å². The first-order valence-corrected chi connectivity index (χ1v) is 6.95. The molecule has 0 amide bonds. The maximum Gasteiger partial charge on any atom is 0.176 e. The molecule has 0 bridgehead atoms. The minimum absolute atomic E-state index is 0.707. The van der Waals surface area contributed by atoms with Crippen molar-refractivity contribution in [2.24, 2.45) is 0 Å².